The fourth-order valence-electron chi connectivity index (χ4n) is 3.33. The van der Waals surface area contributed by atoms with E-state index in [-0.39, 0.29) is 30.0 Å². The highest BCUT2D eigenvalue weighted by atomic mass is 16.5. The molecule has 0 radical (unpaired) electrons. The molecule has 1 atom stereocenters. The number of carbonyl (C=O) groups excluding carboxylic acids is 3. The summed E-state index contributed by atoms with van der Waals surface area (Å²) < 4.78 is 5.11. The molecule has 1 aromatic heterocycles. The second-order valence-electron chi connectivity index (χ2n) is 6.55. The van der Waals surface area contributed by atoms with Gasteiger partial charge in [0.1, 0.15) is 5.69 Å². The summed E-state index contributed by atoms with van der Waals surface area (Å²) in [5, 5.41) is 0. The van der Waals surface area contributed by atoms with Crippen LogP contribution in [0.25, 0.3) is 0 Å². The van der Waals surface area contributed by atoms with Crippen molar-refractivity contribution in [2.75, 3.05) is 13.7 Å². The zero-order valence-electron chi connectivity index (χ0n) is 15.0. The third-order valence-corrected chi connectivity index (χ3v) is 4.83. The number of likely N-dealkylation sites (N-methyl/N-ethyl adjacent to an activating group) is 1. The van der Waals surface area contributed by atoms with Crippen molar-refractivity contribution in [2.45, 2.75) is 32.2 Å². The van der Waals surface area contributed by atoms with Gasteiger partial charge < -0.3 is 14.6 Å². The van der Waals surface area contributed by atoms with E-state index >= 15 is 0 Å². The van der Waals surface area contributed by atoms with Gasteiger partial charge in [-0.3, -0.25) is 9.59 Å². The molecule has 26 heavy (non-hydrogen) atoms. The van der Waals surface area contributed by atoms with Crippen molar-refractivity contribution in [3.63, 3.8) is 0 Å². The maximum Gasteiger partial charge on any atom is 0.355 e. The van der Waals surface area contributed by atoms with Crippen molar-refractivity contribution in [3.8, 4) is 0 Å². The summed E-state index contributed by atoms with van der Waals surface area (Å²) in [4.78, 5) is 40.2. The Kier molecular flexibility index (Phi) is 5.21. The molecule has 1 aliphatic rings. The minimum absolute atomic E-state index is 0.000885. The molecule has 0 unspecified atom stereocenters. The molecule has 3 rings (SSSR count). The van der Waals surface area contributed by atoms with Crippen LogP contribution in [-0.2, 0) is 16.0 Å². The topological polar surface area (TPSA) is 79.5 Å². The molecule has 1 N–H and O–H groups in total. The summed E-state index contributed by atoms with van der Waals surface area (Å²) in [5.41, 5.74) is 2.99. The zero-order chi connectivity index (χ0) is 18.7. The van der Waals surface area contributed by atoms with E-state index in [1.165, 1.54) is 24.8 Å². The first-order valence-electron chi connectivity index (χ1n) is 8.67. The van der Waals surface area contributed by atoms with Crippen molar-refractivity contribution in [1.82, 2.24) is 9.88 Å². The van der Waals surface area contributed by atoms with Gasteiger partial charge in [0, 0.05) is 18.8 Å². The Labute approximate surface area is 152 Å². The van der Waals surface area contributed by atoms with E-state index in [2.05, 4.69) is 17.1 Å². The average molecular weight is 354 g/mol. The number of nitrogens with one attached hydrogen (secondary N) is 1. The first-order valence-corrected chi connectivity index (χ1v) is 8.67. The lowest BCUT2D eigenvalue weighted by Crippen LogP contribution is -2.36. The lowest BCUT2D eigenvalue weighted by Gasteiger charge is -2.33. The van der Waals surface area contributed by atoms with Crippen LogP contribution >= 0.6 is 0 Å². The first kappa shape index (κ1) is 17.9. The van der Waals surface area contributed by atoms with Crippen LogP contribution < -0.4 is 0 Å². The van der Waals surface area contributed by atoms with Crippen LogP contribution in [0.5, 0.6) is 0 Å². The fraction of sp³-hybridized carbons (Fsp3) is 0.350. The minimum atomic E-state index is -0.650. The number of esters is 1. The van der Waals surface area contributed by atoms with Crippen molar-refractivity contribution in [2.24, 2.45) is 0 Å². The molecule has 2 aromatic rings. The first-order chi connectivity index (χ1) is 12.5. The molecule has 136 valence electrons. The number of ether oxygens (including phenoxy) is 1. The van der Waals surface area contributed by atoms with E-state index in [1.807, 2.05) is 12.1 Å². The number of hydrogen-bond donors (Lipinski definition) is 1. The van der Waals surface area contributed by atoms with E-state index in [0.717, 1.165) is 24.8 Å². The van der Waals surface area contributed by atoms with Gasteiger partial charge in [-0.15, -0.1) is 0 Å². The molecule has 0 aliphatic heterocycles. The fourth-order valence-corrected chi connectivity index (χ4v) is 3.33. The Morgan fingerprint density at radius 3 is 2.77 bits per heavy atom. The molecule has 0 bridgehead atoms. The standard InChI is InChI=1S/C20H22N2O4/c1-13(23)15-10-17(21-11-15)20(25)26-12-19(24)22(2)18-9-5-7-14-6-3-4-8-16(14)18/h3-4,6,8,10-11,18,21H,5,7,9,12H2,1-2H3/t18-/m1/s1. The molecule has 0 spiro atoms. The Balaban J connectivity index is 1.61. The number of fused-ring (bicyclic) bond motifs is 1. The smallest absolute Gasteiger partial charge is 0.355 e. The van der Waals surface area contributed by atoms with Gasteiger partial charge in [-0.05, 0) is 43.4 Å². The van der Waals surface area contributed by atoms with E-state index in [1.54, 1.807) is 11.9 Å². The predicted molar refractivity (Wildman–Crippen MR) is 96.0 cm³/mol. The van der Waals surface area contributed by atoms with E-state index < -0.39 is 5.97 Å². The number of nitrogens with zero attached hydrogens (tertiary/aromatic N) is 1. The summed E-state index contributed by atoms with van der Waals surface area (Å²) in [6.45, 7) is 1.08. The van der Waals surface area contributed by atoms with Crippen LogP contribution in [-0.4, -0.2) is 41.2 Å². The van der Waals surface area contributed by atoms with Crippen molar-refractivity contribution in [3.05, 3.63) is 58.9 Å². The van der Waals surface area contributed by atoms with Gasteiger partial charge >= 0.3 is 5.97 Å². The van der Waals surface area contributed by atoms with Gasteiger partial charge in [0.15, 0.2) is 12.4 Å². The third-order valence-electron chi connectivity index (χ3n) is 4.83. The SMILES string of the molecule is CC(=O)c1c[nH]c(C(=O)OCC(=O)N(C)[C@@H]2CCCc3ccccc32)c1. The Morgan fingerprint density at radius 2 is 2.04 bits per heavy atom. The molecule has 0 saturated carbocycles. The van der Waals surface area contributed by atoms with Crippen molar-refractivity contribution < 1.29 is 19.1 Å². The number of ketones is 1. The van der Waals surface area contributed by atoms with Crippen LogP contribution in [0.2, 0.25) is 0 Å². The molecular formula is C20H22N2O4. The van der Waals surface area contributed by atoms with Gasteiger partial charge in [0.2, 0.25) is 0 Å². The van der Waals surface area contributed by atoms with Crippen LogP contribution in [0.1, 0.15) is 57.8 Å². The normalized spacial score (nSPS) is 15.8. The van der Waals surface area contributed by atoms with Gasteiger partial charge in [0.05, 0.1) is 6.04 Å². The van der Waals surface area contributed by atoms with Crippen LogP contribution in [0.3, 0.4) is 0 Å². The Hall–Kier alpha value is -2.89. The van der Waals surface area contributed by atoms with E-state index in [4.69, 9.17) is 4.74 Å². The number of hydrogen-bond acceptors (Lipinski definition) is 4. The number of aryl methyl sites for hydroxylation is 1. The number of benzene rings is 1. The lowest BCUT2D eigenvalue weighted by molar-refractivity contribution is -0.135. The summed E-state index contributed by atoms with van der Waals surface area (Å²) in [6.07, 6.45) is 4.39. The molecule has 1 aliphatic carbocycles. The maximum absolute atomic E-state index is 12.5. The number of carbonyl (C=O) groups is 3. The maximum atomic E-state index is 12.5. The van der Waals surface area contributed by atoms with Crippen molar-refractivity contribution in [1.29, 1.82) is 0 Å². The van der Waals surface area contributed by atoms with Crippen LogP contribution in [0.4, 0.5) is 0 Å². The van der Waals surface area contributed by atoms with E-state index in [9.17, 15) is 14.4 Å². The highest BCUT2D eigenvalue weighted by Crippen LogP contribution is 2.33. The number of H-pyrrole nitrogens is 1. The quantitative estimate of drug-likeness (QED) is 0.661. The number of rotatable bonds is 5. The highest BCUT2D eigenvalue weighted by molar-refractivity contribution is 5.97. The molecule has 0 fully saturated rings. The lowest BCUT2D eigenvalue weighted by atomic mass is 9.87. The third kappa shape index (κ3) is 3.69. The zero-order valence-corrected chi connectivity index (χ0v) is 15.0. The Bertz CT molecular complexity index is 840. The second kappa shape index (κ2) is 7.56. The van der Waals surface area contributed by atoms with Gasteiger partial charge in [-0.1, -0.05) is 24.3 Å². The summed E-state index contributed by atoms with van der Waals surface area (Å²) in [5.74, 6) is -1.05. The summed E-state index contributed by atoms with van der Waals surface area (Å²) >= 11 is 0. The molecule has 1 heterocycles. The number of amides is 1. The van der Waals surface area contributed by atoms with Gasteiger partial charge in [0.25, 0.3) is 5.91 Å². The molecule has 1 aromatic carbocycles. The average Bonchev–Trinajstić information content (AvgIpc) is 3.15. The van der Waals surface area contributed by atoms with Crippen molar-refractivity contribution >= 4 is 17.7 Å². The van der Waals surface area contributed by atoms with Gasteiger partial charge in [-0.2, -0.15) is 0 Å². The summed E-state index contributed by atoms with van der Waals surface area (Å²) in [6, 6.07) is 9.57. The molecular weight excluding hydrogens is 332 g/mol. The largest absolute Gasteiger partial charge is 0.451 e. The molecule has 6 nitrogen and oxygen atoms in total. The monoisotopic (exact) mass is 354 g/mol. The van der Waals surface area contributed by atoms with E-state index in [0.29, 0.717) is 5.56 Å². The summed E-state index contributed by atoms with van der Waals surface area (Å²) in [7, 11) is 1.74. The minimum Gasteiger partial charge on any atom is -0.451 e. The number of aromatic nitrogens is 1. The predicted octanol–water partition coefficient (Wildman–Crippen LogP) is 2.91. The van der Waals surface area contributed by atoms with Crippen LogP contribution in [0, 0.1) is 0 Å². The number of aromatic amines is 1. The second-order valence-corrected chi connectivity index (χ2v) is 6.55. The molecule has 1 amide bonds. The highest BCUT2D eigenvalue weighted by Gasteiger charge is 2.27. The molecule has 0 saturated heterocycles. The number of Topliss-reactive ketones (excluding diaryl/α,β-unsaturated/α-hetero) is 1. The Morgan fingerprint density at radius 1 is 1.27 bits per heavy atom. The van der Waals surface area contributed by atoms with Crippen LogP contribution in [0.15, 0.2) is 36.5 Å². The van der Waals surface area contributed by atoms with Gasteiger partial charge in [-0.25, -0.2) is 4.79 Å². The molecule has 6 heteroatoms.